The predicted octanol–water partition coefficient (Wildman–Crippen LogP) is 9.16. The maximum atomic E-state index is 7.85. The third-order valence-corrected chi connectivity index (χ3v) is 38.7. The van der Waals surface area contributed by atoms with Crippen LogP contribution < -0.4 is 0 Å². The van der Waals surface area contributed by atoms with E-state index in [1.54, 1.807) is 0 Å². The van der Waals surface area contributed by atoms with Crippen LogP contribution in [0.2, 0.25) is 0 Å². The molecule has 0 nitrogen and oxygen atoms in total. The number of hydrogen-bond donors (Lipinski definition) is 0. The molecular weight excluding hydrogens is 515 g/mol. The van der Waals surface area contributed by atoms with Crippen LogP contribution in [0.1, 0.15) is 102 Å². The molecule has 0 spiro atoms. The molecule has 0 aromatic heterocycles. The monoisotopic (exact) mass is 557 g/mol. The standard InChI is InChI=1S/C18H33P.C8H8.2ClH.Ru/c1-4-10-16(11-5-1)19(17-12-6-2-7-13-17)18-14-8-3-9-15-18;1-2-8-6-4-3-5-7-8;;;/h16-18H,1-15H2;1,3-7H,2H2;2*1H;/q;;;;+1/p-1. The molecule has 0 saturated heterocycles. The van der Waals surface area contributed by atoms with E-state index in [0.29, 0.717) is 0 Å². The third-order valence-electron chi connectivity index (χ3n) is 8.40. The van der Waals surface area contributed by atoms with Crippen molar-refractivity contribution in [3.8, 4) is 0 Å². The SMILES string of the molecule is [Cl][Ru]([Cl])(=[CH]Cc1ccccc1)[PH](C1CCCCC1)(C1CCCCC1)C1CCCCC1. The molecule has 4 rings (SSSR count). The first-order valence-corrected chi connectivity index (χ1v) is 22.8. The molecule has 0 amide bonds. The maximum absolute atomic E-state index is 7.85. The Hall–Kier alpha value is 0.723. The molecule has 0 unspecified atom stereocenters. The fourth-order valence-corrected chi connectivity index (χ4v) is 42.8. The molecule has 3 fully saturated rings. The van der Waals surface area contributed by atoms with Gasteiger partial charge in [0.2, 0.25) is 0 Å². The van der Waals surface area contributed by atoms with Gasteiger partial charge in [-0.25, -0.2) is 0 Å². The molecule has 1 aromatic rings. The van der Waals surface area contributed by atoms with Gasteiger partial charge < -0.3 is 0 Å². The van der Waals surface area contributed by atoms with Crippen molar-refractivity contribution in [1.29, 1.82) is 0 Å². The van der Waals surface area contributed by atoms with Crippen LogP contribution in [0.3, 0.4) is 0 Å². The Balaban J connectivity index is 1.78. The molecule has 3 aliphatic rings. The van der Waals surface area contributed by atoms with E-state index < -0.39 is 17.5 Å². The van der Waals surface area contributed by atoms with E-state index >= 15 is 0 Å². The molecule has 173 valence electrons. The van der Waals surface area contributed by atoms with Crippen LogP contribution in [0, 0.1) is 0 Å². The molecule has 0 aliphatic heterocycles. The molecule has 3 saturated carbocycles. The van der Waals surface area contributed by atoms with E-state index in [1.165, 1.54) is 102 Å². The summed E-state index contributed by atoms with van der Waals surface area (Å²) in [6.45, 7) is 0. The Morgan fingerprint density at radius 2 is 1.07 bits per heavy atom. The van der Waals surface area contributed by atoms with Gasteiger partial charge in [0, 0.05) is 0 Å². The summed E-state index contributed by atoms with van der Waals surface area (Å²) in [6.07, 6.45) is 22.6. The van der Waals surface area contributed by atoms with Gasteiger partial charge in [-0.05, 0) is 0 Å². The molecule has 4 heteroatoms. The topological polar surface area (TPSA) is 0 Å². The van der Waals surface area contributed by atoms with E-state index in [9.17, 15) is 0 Å². The second-order valence-corrected chi connectivity index (χ2v) is 33.3. The molecule has 0 atom stereocenters. The fraction of sp³-hybridized carbons (Fsp3) is 0.731. The summed E-state index contributed by atoms with van der Waals surface area (Å²) in [6, 6.07) is 10.9. The molecule has 1 aromatic carbocycles. The first-order chi connectivity index (χ1) is 14.6. The van der Waals surface area contributed by atoms with Gasteiger partial charge in [-0.1, -0.05) is 0 Å². The Bertz CT molecular complexity index is 649. The van der Waals surface area contributed by atoms with Crippen molar-refractivity contribution in [2.45, 2.75) is 120 Å². The summed E-state index contributed by atoms with van der Waals surface area (Å²) < 4.78 is 2.55. The van der Waals surface area contributed by atoms with Crippen LogP contribution in [-0.2, 0) is 18.3 Å². The van der Waals surface area contributed by atoms with Gasteiger partial charge >= 0.3 is 197 Å². The van der Waals surface area contributed by atoms with E-state index in [-0.39, 0.29) is 0 Å². The molecule has 0 bridgehead atoms. The average molecular weight is 558 g/mol. The summed E-state index contributed by atoms with van der Waals surface area (Å²) in [5.74, 6) is 0. The van der Waals surface area contributed by atoms with Gasteiger partial charge in [0.05, 0.1) is 0 Å². The zero-order chi connectivity index (χ0) is 20.9. The quantitative estimate of drug-likeness (QED) is 0.242. The van der Waals surface area contributed by atoms with Gasteiger partial charge in [0.1, 0.15) is 0 Å². The van der Waals surface area contributed by atoms with E-state index in [0.717, 1.165) is 23.4 Å². The van der Waals surface area contributed by atoms with Crippen molar-refractivity contribution in [2.75, 3.05) is 0 Å². The minimum absolute atomic E-state index is 0.908. The molecule has 0 heterocycles. The van der Waals surface area contributed by atoms with Crippen LogP contribution in [-0.4, -0.2) is 21.6 Å². The summed E-state index contributed by atoms with van der Waals surface area (Å²) in [4.78, 5) is 0. The van der Waals surface area contributed by atoms with Gasteiger partial charge in [0.15, 0.2) is 0 Å². The number of benzene rings is 1. The first kappa shape index (κ1) is 23.9. The van der Waals surface area contributed by atoms with Crippen LogP contribution in [0.5, 0.6) is 0 Å². The predicted molar refractivity (Wildman–Crippen MR) is 137 cm³/mol. The third kappa shape index (κ3) is 5.11. The average Bonchev–Trinajstić information content (AvgIpc) is 2.81. The fourth-order valence-electron chi connectivity index (χ4n) is 7.10. The molecule has 30 heavy (non-hydrogen) atoms. The molecule has 0 radical (unpaired) electrons. The Morgan fingerprint density at radius 1 is 0.667 bits per heavy atom. The number of hydrogen-bond acceptors (Lipinski definition) is 0. The van der Waals surface area contributed by atoms with E-state index in [4.69, 9.17) is 19.4 Å². The molecular formula is C26H42Cl2PRu. The summed E-state index contributed by atoms with van der Waals surface area (Å²) in [5, 5.41) is 0. The summed E-state index contributed by atoms with van der Waals surface area (Å²) in [5.41, 5.74) is 2.29. The minimum atomic E-state index is -2.89. The zero-order valence-corrected chi connectivity index (χ0v) is 22.9. The van der Waals surface area contributed by atoms with E-state index in [1.807, 2.05) is 0 Å². The van der Waals surface area contributed by atoms with Crippen molar-refractivity contribution >= 4 is 29.6 Å². The Labute approximate surface area is 196 Å². The molecule has 3 aliphatic carbocycles. The van der Waals surface area contributed by atoms with Crippen molar-refractivity contribution in [3.63, 3.8) is 0 Å². The van der Waals surface area contributed by atoms with Gasteiger partial charge in [-0.15, -0.1) is 0 Å². The first-order valence-electron chi connectivity index (χ1n) is 12.6. The normalized spacial score (nSPS) is 24.5. The summed E-state index contributed by atoms with van der Waals surface area (Å²) in [7, 11) is 15.7. The van der Waals surface area contributed by atoms with Gasteiger partial charge in [-0.3, -0.25) is 0 Å². The van der Waals surface area contributed by atoms with Crippen LogP contribution in [0.25, 0.3) is 0 Å². The van der Waals surface area contributed by atoms with Crippen LogP contribution in [0.15, 0.2) is 30.3 Å². The van der Waals surface area contributed by atoms with Gasteiger partial charge in [-0.2, -0.15) is 0 Å². The number of halogens is 2. The Kier molecular flexibility index (Phi) is 8.94. The second-order valence-electron chi connectivity index (χ2n) is 10.1. The van der Waals surface area contributed by atoms with Crippen molar-refractivity contribution in [2.24, 2.45) is 0 Å². The van der Waals surface area contributed by atoms with Crippen molar-refractivity contribution in [3.05, 3.63) is 35.9 Å². The molecule has 0 N–H and O–H groups in total. The Morgan fingerprint density at radius 3 is 1.47 bits per heavy atom. The number of rotatable bonds is 6. The second kappa shape index (κ2) is 11.2. The zero-order valence-electron chi connectivity index (χ0n) is 18.6. The van der Waals surface area contributed by atoms with Crippen molar-refractivity contribution < 1.29 is 11.9 Å². The van der Waals surface area contributed by atoms with Gasteiger partial charge in [0.25, 0.3) is 0 Å². The van der Waals surface area contributed by atoms with Crippen molar-refractivity contribution in [1.82, 2.24) is 0 Å². The summed E-state index contributed by atoms with van der Waals surface area (Å²) >= 11 is -2.89. The van der Waals surface area contributed by atoms with E-state index in [2.05, 4.69) is 34.9 Å². The van der Waals surface area contributed by atoms with Crippen LogP contribution in [0.4, 0.5) is 0 Å². The van der Waals surface area contributed by atoms with Crippen LogP contribution >= 0.6 is 25.0 Å².